The summed E-state index contributed by atoms with van der Waals surface area (Å²) in [4.78, 5) is 4.47. The predicted octanol–water partition coefficient (Wildman–Crippen LogP) is 1.59. The minimum absolute atomic E-state index is 0.0459. The van der Waals surface area contributed by atoms with Gasteiger partial charge < -0.3 is 9.47 Å². The number of hydrogen-bond donors (Lipinski definition) is 0. The number of nitrogens with zero attached hydrogens (tertiary/aromatic N) is 3. The third-order valence-corrected chi connectivity index (χ3v) is 2.78. The molecule has 1 fully saturated rings. The van der Waals surface area contributed by atoms with Crippen molar-refractivity contribution in [3.8, 4) is 5.75 Å². The van der Waals surface area contributed by atoms with Crippen LogP contribution in [0.1, 0.15) is 24.8 Å². The molecule has 2 aromatic heterocycles. The first-order valence-electron chi connectivity index (χ1n) is 5.39. The van der Waals surface area contributed by atoms with Gasteiger partial charge in [-0.3, -0.25) is 0 Å². The summed E-state index contributed by atoms with van der Waals surface area (Å²) in [6, 6.07) is 3.77. The van der Waals surface area contributed by atoms with E-state index in [1.165, 1.54) is 0 Å². The topological polar surface area (TPSA) is 48.7 Å². The van der Waals surface area contributed by atoms with Crippen molar-refractivity contribution in [2.24, 2.45) is 0 Å². The van der Waals surface area contributed by atoms with Gasteiger partial charge in [-0.15, -0.1) is 5.10 Å². The van der Waals surface area contributed by atoms with Crippen LogP contribution in [0.4, 0.5) is 0 Å². The van der Waals surface area contributed by atoms with Crippen molar-refractivity contribution >= 4 is 5.65 Å². The second kappa shape index (κ2) is 3.75. The number of pyridine rings is 1. The van der Waals surface area contributed by atoms with Crippen LogP contribution in [0.5, 0.6) is 5.75 Å². The fourth-order valence-electron chi connectivity index (χ4n) is 1.98. The molecule has 1 aliphatic heterocycles. The van der Waals surface area contributed by atoms with Crippen LogP contribution in [0.2, 0.25) is 0 Å². The molecule has 0 saturated carbocycles. The number of aromatic nitrogens is 3. The molecule has 5 heteroatoms. The molecule has 0 aliphatic carbocycles. The lowest BCUT2D eigenvalue weighted by molar-refractivity contribution is 0.105. The molecule has 0 spiro atoms. The fourth-order valence-corrected chi connectivity index (χ4v) is 1.98. The SMILES string of the molecule is COc1cccn2nc(C3CCCO3)nc12. The van der Waals surface area contributed by atoms with E-state index >= 15 is 0 Å². The van der Waals surface area contributed by atoms with Crippen molar-refractivity contribution in [3.05, 3.63) is 24.2 Å². The maximum Gasteiger partial charge on any atom is 0.198 e. The zero-order valence-corrected chi connectivity index (χ0v) is 9.09. The highest BCUT2D eigenvalue weighted by Crippen LogP contribution is 2.27. The Morgan fingerprint density at radius 3 is 3.25 bits per heavy atom. The van der Waals surface area contributed by atoms with Crippen LogP contribution in [0.3, 0.4) is 0 Å². The van der Waals surface area contributed by atoms with Crippen LogP contribution in [0, 0.1) is 0 Å². The molecule has 3 rings (SSSR count). The first kappa shape index (κ1) is 9.59. The normalized spacial score (nSPS) is 20.4. The molecule has 1 unspecified atom stereocenters. The zero-order chi connectivity index (χ0) is 11.0. The van der Waals surface area contributed by atoms with Gasteiger partial charge >= 0.3 is 0 Å². The molecule has 1 aliphatic rings. The maximum absolute atomic E-state index is 5.56. The first-order valence-corrected chi connectivity index (χ1v) is 5.39. The van der Waals surface area contributed by atoms with E-state index in [1.54, 1.807) is 11.6 Å². The number of rotatable bonds is 2. The summed E-state index contributed by atoms with van der Waals surface area (Å²) >= 11 is 0. The number of methoxy groups -OCH3 is 1. The molecule has 0 amide bonds. The van der Waals surface area contributed by atoms with Gasteiger partial charge in [0.2, 0.25) is 0 Å². The molecule has 1 atom stereocenters. The average molecular weight is 219 g/mol. The van der Waals surface area contributed by atoms with E-state index in [0.717, 1.165) is 36.7 Å². The highest BCUT2D eigenvalue weighted by molar-refractivity contribution is 5.52. The van der Waals surface area contributed by atoms with Crippen molar-refractivity contribution in [2.45, 2.75) is 18.9 Å². The lowest BCUT2D eigenvalue weighted by Crippen LogP contribution is -1.98. The molecule has 0 radical (unpaired) electrons. The average Bonchev–Trinajstić information content (AvgIpc) is 2.96. The molecule has 3 heterocycles. The van der Waals surface area contributed by atoms with Gasteiger partial charge in [-0.25, -0.2) is 9.50 Å². The van der Waals surface area contributed by atoms with E-state index in [-0.39, 0.29) is 6.10 Å². The van der Waals surface area contributed by atoms with Crippen molar-refractivity contribution in [2.75, 3.05) is 13.7 Å². The Kier molecular flexibility index (Phi) is 2.25. The minimum Gasteiger partial charge on any atom is -0.493 e. The molecular formula is C11H13N3O2. The Labute approximate surface area is 93.0 Å². The Bertz CT molecular complexity index is 503. The Hall–Kier alpha value is -1.62. The number of fused-ring (bicyclic) bond motifs is 1. The van der Waals surface area contributed by atoms with Crippen molar-refractivity contribution in [3.63, 3.8) is 0 Å². The predicted molar refractivity (Wildman–Crippen MR) is 57.5 cm³/mol. The van der Waals surface area contributed by atoms with Crippen molar-refractivity contribution in [1.29, 1.82) is 0 Å². The Balaban J connectivity index is 2.07. The fraction of sp³-hybridized carbons (Fsp3) is 0.455. The lowest BCUT2D eigenvalue weighted by atomic mass is 10.2. The van der Waals surface area contributed by atoms with E-state index in [2.05, 4.69) is 10.1 Å². The first-order chi connectivity index (χ1) is 7.88. The van der Waals surface area contributed by atoms with Gasteiger partial charge in [0.05, 0.1) is 7.11 Å². The van der Waals surface area contributed by atoms with Gasteiger partial charge in [0.15, 0.2) is 17.2 Å². The second-order valence-corrected chi connectivity index (χ2v) is 3.82. The largest absolute Gasteiger partial charge is 0.493 e. The van der Waals surface area contributed by atoms with E-state index < -0.39 is 0 Å². The molecular weight excluding hydrogens is 206 g/mol. The molecule has 84 valence electrons. The smallest absolute Gasteiger partial charge is 0.198 e. The van der Waals surface area contributed by atoms with Crippen molar-refractivity contribution in [1.82, 2.24) is 14.6 Å². The van der Waals surface area contributed by atoms with Crippen molar-refractivity contribution < 1.29 is 9.47 Å². The van der Waals surface area contributed by atoms with Crippen LogP contribution in [-0.4, -0.2) is 28.3 Å². The van der Waals surface area contributed by atoms with Gasteiger partial charge in [0, 0.05) is 12.8 Å². The molecule has 1 saturated heterocycles. The third kappa shape index (κ3) is 1.44. The quantitative estimate of drug-likeness (QED) is 0.769. The Morgan fingerprint density at radius 2 is 2.50 bits per heavy atom. The molecule has 5 nitrogen and oxygen atoms in total. The summed E-state index contributed by atoms with van der Waals surface area (Å²) in [7, 11) is 1.63. The Morgan fingerprint density at radius 1 is 1.56 bits per heavy atom. The summed E-state index contributed by atoms with van der Waals surface area (Å²) in [6.07, 6.45) is 3.99. The second-order valence-electron chi connectivity index (χ2n) is 3.82. The molecule has 0 aromatic carbocycles. The summed E-state index contributed by atoms with van der Waals surface area (Å²) in [6.45, 7) is 0.803. The van der Waals surface area contributed by atoms with Crippen LogP contribution in [0.25, 0.3) is 5.65 Å². The van der Waals surface area contributed by atoms with Gasteiger partial charge in [-0.05, 0) is 25.0 Å². The monoisotopic (exact) mass is 219 g/mol. The highest BCUT2D eigenvalue weighted by atomic mass is 16.5. The summed E-state index contributed by atoms with van der Waals surface area (Å²) in [5.41, 5.74) is 0.746. The van der Waals surface area contributed by atoms with Crippen LogP contribution < -0.4 is 4.74 Å². The molecule has 0 bridgehead atoms. The van der Waals surface area contributed by atoms with Gasteiger partial charge in [-0.2, -0.15) is 0 Å². The molecule has 16 heavy (non-hydrogen) atoms. The lowest BCUT2D eigenvalue weighted by Gasteiger charge is -2.01. The van der Waals surface area contributed by atoms with Gasteiger partial charge in [-0.1, -0.05) is 0 Å². The zero-order valence-electron chi connectivity index (χ0n) is 9.09. The number of ether oxygens (including phenoxy) is 2. The van der Waals surface area contributed by atoms with Gasteiger partial charge in [0.25, 0.3) is 0 Å². The van der Waals surface area contributed by atoms with E-state index in [4.69, 9.17) is 9.47 Å². The number of hydrogen-bond acceptors (Lipinski definition) is 4. The summed E-state index contributed by atoms with van der Waals surface area (Å²) in [5, 5.41) is 4.40. The van der Waals surface area contributed by atoms with Gasteiger partial charge in [0.1, 0.15) is 6.10 Å². The van der Waals surface area contributed by atoms with Crippen LogP contribution in [0.15, 0.2) is 18.3 Å². The summed E-state index contributed by atoms with van der Waals surface area (Å²) < 4.78 is 12.5. The van der Waals surface area contributed by atoms with E-state index in [0.29, 0.717) is 0 Å². The third-order valence-electron chi connectivity index (χ3n) is 2.78. The van der Waals surface area contributed by atoms with Crippen LogP contribution >= 0.6 is 0 Å². The van der Waals surface area contributed by atoms with Crippen LogP contribution in [-0.2, 0) is 4.74 Å². The maximum atomic E-state index is 5.56. The van der Waals surface area contributed by atoms with E-state index in [1.807, 2.05) is 18.3 Å². The molecule has 2 aromatic rings. The summed E-state index contributed by atoms with van der Waals surface area (Å²) in [5.74, 6) is 1.49. The standard InChI is InChI=1S/C11H13N3O2/c1-15-9-4-2-6-14-11(9)12-10(13-14)8-5-3-7-16-8/h2,4,6,8H,3,5,7H2,1H3. The highest BCUT2D eigenvalue weighted by Gasteiger charge is 2.22. The minimum atomic E-state index is 0.0459. The molecule has 0 N–H and O–H groups in total. The van der Waals surface area contributed by atoms with E-state index in [9.17, 15) is 0 Å².